The summed E-state index contributed by atoms with van der Waals surface area (Å²) in [4.78, 5) is 14.2. The van der Waals surface area contributed by atoms with Gasteiger partial charge in [0, 0.05) is 16.8 Å². The van der Waals surface area contributed by atoms with E-state index < -0.39 is 12.3 Å². The summed E-state index contributed by atoms with van der Waals surface area (Å²) >= 11 is 1.51. The molecule has 2 nitrogen and oxygen atoms in total. The lowest BCUT2D eigenvalue weighted by molar-refractivity contribution is -0.143. The van der Waals surface area contributed by atoms with Crippen LogP contribution in [0, 0.1) is 6.92 Å². The number of amides is 1. The largest absolute Gasteiger partial charge is 0.333 e. The number of thiophene rings is 1. The van der Waals surface area contributed by atoms with Gasteiger partial charge in [0.05, 0.1) is 6.04 Å². The molecule has 1 aromatic heterocycles. The summed E-state index contributed by atoms with van der Waals surface area (Å²) in [5.74, 6) is -1.13. The van der Waals surface area contributed by atoms with Gasteiger partial charge < -0.3 is 4.90 Å². The Labute approximate surface area is 91.5 Å². The third kappa shape index (κ3) is 2.75. The molecule has 84 valence electrons. The minimum absolute atomic E-state index is 0.301. The molecule has 1 atom stereocenters. The van der Waals surface area contributed by atoms with Crippen LogP contribution in [0.5, 0.6) is 0 Å². The third-order valence-electron chi connectivity index (χ3n) is 2.29. The SMILES string of the molecule is Cc1ccc(C(C)N(C)C(=O)C(F)F)s1. The van der Waals surface area contributed by atoms with Crippen LogP contribution < -0.4 is 0 Å². The number of carbonyl (C=O) groups excluding carboxylic acids is 1. The van der Waals surface area contributed by atoms with E-state index in [1.54, 1.807) is 6.92 Å². The number of halogens is 2. The Kier molecular flexibility index (Phi) is 3.79. The topological polar surface area (TPSA) is 20.3 Å². The molecule has 1 amide bonds. The lowest BCUT2D eigenvalue weighted by Crippen LogP contribution is -2.33. The van der Waals surface area contributed by atoms with Gasteiger partial charge in [-0.25, -0.2) is 0 Å². The highest BCUT2D eigenvalue weighted by Crippen LogP contribution is 2.26. The van der Waals surface area contributed by atoms with Gasteiger partial charge in [-0.3, -0.25) is 4.79 Å². The van der Waals surface area contributed by atoms with Gasteiger partial charge in [-0.1, -0.05) is 0 Å². The van der Waals surface area contributed by atoms with Crippen molar-refractivity contribution in [3.05, 3.63) is 21.9 Å². The van der Waals surface area contributed by atoms with Crippen molar-refractivity contribution >= 4 is 17.2 Å². The lowest BCUT2D eigenvalue weighted by atomic mass is 10.2. The molecule has 0 saturated heterocycles. The first-order valence-corrected chi connectivity index (χ1v) is 5.36. The Morgan fingerprint density at radius 2 is 2.07 bits per heavy atom. The number of alkyl halides is 2. The fourth-order valence-electron chi connectivity index (χ4n) is 1.21. The van der Waals surface area contributed by atoms with Gasteiger partial charge in [0.2, 0.25) is 0 Å². The lowest BCUT2D eigenvalue weighted by Gasteiger charge is -2.23. The molecule has 0 bridgehead atoms. The zero-order chi connectivity index (χ0) is 11.6. The maximum Gasteiger partial charge on any atom is 0.315 e. The average molecular weight is 233 g/mol. The molecule has 15 heavy (non-hydrogen) atoms. The third-order valence-corrected chi connectivity index (χ3v) is 3.46. The highest BCUT2D eigenvalue weighted by Gasteiger charge is 2.25. The van der Waals surface area contributed by atoms with E-state index >= 15 is 0 Å². The predicted molar refractivity (Wildman–Crippen MR) is 56.2 cm³/mol. The summed E-state index contributed by atoms with van der Waals surface area (Å²) in [5.41, 5.74) is 0. The van der Waals surface area contributed by atoms with Gasteiger partial charge in [0.1, 0.15) is 0 Å². The minimum Gasteiger partial charge on any atom is -0.333 e. The van der Waals surface area contributed by atoms with Crippen LogP contribution in [0.1, 0.15) is 22.7 Å². The Balaban J connectivity index is 2.76. The quantitative estimate of drug-likeness (QED) is 0.786. The molecular formula is C10H13F2NOS. The normalized spacial score (nSPS) is 12.9. The zero-order valence-electron chi connectivity index (χ0n) is 8.83. The molecule has 0 radical (unpaired) electrons. The maximum atomic E-state index is 12.2. The van der Waals surface area contributed by atoms with Crippen molar-refractivity contribution in [1.82, 2.24) is 4.90 Å². The number of rotatable bonds is 3. The molecule has 0 aliphatic rings. The Morgan fingerprint density at radius 3 is 2.47 bits per heavy atom. The fraction of sp³-hybridized carbons (Fsp3) is 0.500. The zero-order valence-corrected chi connectivity index (χ0v) is 9.65. The van der Waals surface area contributed by atoms with E-state index in [0.717, 1.165) is 14.7 Å². The van der Waals surface area contributed by atoms with E-state index in [4.69, 9.17) is 0 Å². The van der Waals surface area contributed by atoms with Gasteiger partial charge in [-0.2, -0.15) is 8.78 Å². The second-order valence-electron chi connectivity index (χ2n) is 3.37. The van der Waals surface area contributed by atoms with Crippen molar-refractivity contribution in [2.45, 2.75) is 26.3 Å². The van der Waals surface area contributed by atoms with E-state index in [1.807, 2.05) is 19.1 Å². The smallest absolute Gasteiger partial charge is 0.315 e. The van der Waals surface area contributed by atoms with Crippen molar-refractivity contribution < 1.29 is 13.6 Å². The van der Waals surface area contributed by atoms with Gasteiger partial charge in [0.15, 0.2) is 0 Å². The van der Waals surface area contributed by atoms with Crippen LogP contribution in [-0.2, 0) is 4.79 Å². The molecule has 0 saturated carbocycles. The fourth-order valence-corrected chi connectivity index (χ4v) is 2.19. The highest BCUT2D eigenvalue weighted by atomic mass is 32.1. The van der Waals surface area contributed by atoms with Gasteiger partial charge in [0.25, 0.3) is 5.91 Å². The van der Waals surface area contributed by atoms with E-state index in [-0.39, 0.29) is 6.04 Å². The van der Waals surface area contributed by atoms with Crippen LogP contribution in [0.25, 0.3) is 0 Å². The van der Waals surface area contributed by atoms with Crippen LogP contribution >= 0.6 is 11.3 Å². The van der Waals surface area contributed by atoms with Crippen molar-refractivity contribution in [2.24, 2.45) is 0 Å². The van der Waals surface area contributed by atoms with E-state index in [1.165, 1.54) is 18.4 Å². The van der Waals surface area contributed by atoms with Crippen LogP contribution in [0.3, 0.4) is 0 Å². The molecule has 1 aromatic rings. The Bertz CT molecular complexity index is 351. The summed E-state index contributed by atoms with van der Waals surface area (Å²) in [6, 6.07) is 3.47. The molecule has 0 aliphatic carbocycles. The first-order valence-electron chi connectivity index (χ1n) is 4.54. The number of nitrogens with zero attached hydrogens (tertiary/aromatic N) is 1. The standard InChI is InChI=1S/C10H13F2NOS/c1-6-4-5-8(15-6)7(2)13(3)10(14)9(11)12/h4-5,7,9H,1-3H3. The molecule has 1 heterocycles. The molecule has 0 aromatic carbocycles. The number of hydrogen-bond acceptors (Lipinski definition) is 2. The summed E-state index contributed by atoms with van der Waals surface area (Å²) in [7, 11) is 1.40. The molecule has 0 aliphatic heterocycles. The van der Waals surface area contributed by atoms with Crippen LogP contribution in [-0.4, -0.2) is 24.3 Å². The molecule has 1 rings (SSSR count). The summed E-state index contributed by atoms with van der Waals surface area (Å²) < 4.78 is 24.3. The summed E-state index contributed by atoms with van der Waals surface area (Å²) in [6.45, 7) is 3.68. The van der Waals surface area contributed by atoms with E-state index in [0.29, 0.717) is 0 Å². The van der Waals surface area contributed by atoms with E-state index in [9.17, 15) is 13.6 Å². The second kappa shape index (κ2) is 4.70. The average Bonchev–Trinajstić information content (AvgIpc) is 2.61. The summed E-state index contributed by atoms with van der Waals surface area (Å²) in [6.07, 6.45) is -2.93. The van der Waals surface area contributed by atoms with Crippen LogP contribution in [0.15, 0.2) is 12.1 Å². The van der Waals surface area contributed by atoms with Crippen molar-refractivity contribution in [3.63, 3.8) is 0 Å². The van der Waals surface area contributed by atoms with Gasteiger partial charge in [-0.15, -0.1) is 11.3 Å². The summed E-state index contributed by atoms with van der Waals surface area (Å²) in [5, 5.41) is 0. The molecule has 0 N–H and O–H groups in total. The monoisotopic (exact) mass is 233 g/mol. The first kappa shape index (κ1) is 12.1. The number of carbonyl (C=O) groups is 1. The van der Waals surface area contributed by atoms with Crippen molar-refractivity contribution in [3.8, 4) is 0 Å². The van der Waals surface area contributed by atoms with Crippen LogP contribution in [0.2, 0.25) is 0 Å². The predicted octanol–water partition coefficient (Wildman–Crippen LogP) is 2.84. The molecule has 5 heteroatoms. The van der Waals surface area contributed by atoms with Gasteiger partial charge >= 0.3 is 6.43 Å². The van der Waals surface area contributed by atoms with Gasteiger partial charge in [-0.05, 0) is 26.0 Å². The highest BCUT2D eigenvalue weighted by molar-refractivity contribution is 7.12. The first-order chi connectivity index (χ1) is 6.93. The van der Waals surface area contributed by atoms with Crippen molar-refractivity contribution in [2.75, 3.05) is 7.05 Å². The molecule has 0 fully saturated rings. The van der Waals surface area contributed by atoms with Crippen LogP contribution in [0.4, 0.5) is 8.78 Å². The van der Waals surface area contributed by atoms with Crippen molar-refractivity contribution in [1.29, 1.82) is 0 Å². The number of hydrogen-bond donors (Lipinski definition) is 0. The van der Waals surface area contributed by atoms with E-state index in [2.05, 4.69) is 0 Å². The second-order valence-corrected chi connectivity index (χ2v) is 4.69. The molecule has 0 spiro atoms. The Morgan fingerprint density at radius 1 is 1.47 bits per heavy atom. The molecular weight excluding hydrogens is 220 g/mol. The Hall–Kier alpha value is -0.970. The minimum atomic E-state index is -2.93. The maximum absolute atomic E-state index is 12.2. The molecule has 1 unspecified atom stereocenters. The number of aryl methyl sites for hydroxylation is 1.